The molecular weight excluding hydrogens is 1660 g/mol. The molecule has 5 nitrogen and oxygen atoms in total. The van der Waals surface area contributed by atoms with Gasteiger partial charge in [-0.15, -0.1) is 0 Å². The molecule has 0 saturated carbocycles. The Morgan fingerprint density at radius 3 is 0.745 bits per heavy atom. The first-order valence-electron chi connectivity index (χ1n) is 47.0. The van der Waals surface area contributed by atoms with E-state index in [9.17, 15) is 0 Å². The first-order valence-corrected chi connectivity index (χ1v) is 47.0. The predicted octanol–water partition coefficient (Wildman–Crippen LogP) is 36.7. The van der Waals surface area contributed by atoms with E-state index in [1.54, 1.807) is 0 Å². The van der Waals surface area contributed by atoms with Gasteiger partial charge in [0.1, 0.15) is 11.2 Å². The van der Waals surface area contributed by atoms with Gasteiger partial charge in [-0.2, -0.15) is 0 Å². The number of anilines is 6. The van der Waals surface area contributed by atoms with Crippen LogP contribution in [0, 0.1) is 0 Å². The van der Waals surface area contributed by atoms with Gasteiger partial charge in [0.05, 0.1) is 33.4 Å². The summed E-state index contributed by atoms with van der Waals surface area (Å²) < 4.78 is 11.6. The van der Waals surface area contributed by atoms with Crippen molar-refractivity contribution in [3.63, 3.8) is 0 Å². The quantitative estimate of drug-likeness (QED) is 0.0762. The van der Waals surface area contributed by atoms with Crippen LogP contribution in [-0.4, -0.2) is 9.13 Å². The van der Waals surface area contributed by atoms with Crippen molar-refractivity contribution in [2.24, 2.45) is 0 Å². The Morgan fingerprint density at radius 2 is 0.365 bits per heavy atom. The van der Waals surface area contributed by atoms with Crippen molar-refractivity contribution in [1.29, 1.82) is 0 Å². The lowest BCUT2D eigenvalue weighted by molar-refractivity contribution is 0.670. The fraction of sp³-hybridized carbons (Fsp3) is 0. The van der Waals surface area contributed by atoms with Gasteiger partial charge >= 0.3 is 0 Å². The Kier molecular flexibility index (Phi) is 20.6. The van der Waals surface area contributed by atoms with Crippen molar-refractivity contribution < 1.29 is 4.42 Å². The first kappa shape index (κ1) is 80.9. The standard InChI is InChI=1S/C132H88N4O/c1-6-24-89(25-7-1)93-44-46-94(47-45-93)97-60-72-111(73-61-97)133(110-33-14-5-15-34-110)112-74-62-98(63-75-112)95-52-56-103(57-53-95)117-37-17-20-42-126(117)136-129-87-108(92-30-12-4-13-31-92)70-82-121(129)122-83-71-109(88-130(122)136)101-50-48-100(49-51-101)105-32-22-35-115(84-105)134(114-78-66-104(67-79-114)118-39-23-40-124-123-38-18-21-43-131(123)137-132(118)124)113-76-64-99(65-77-113)96-54-58-102(59-55-96)116-36-16-19-41-125(116)135-127-85-106(90-26-8-2-9-27-90)68-80-119(127)120-81-69-107(86-128(120)135)91-28-10-3-11-29-91/h1-88H. The zero-order valence-electron chi connectivity index (χ0n) is 75.0. The lowest BCUT2D eigenvalue weighted by atomic mass is 9.98. The summed E-state index contributed by atoms with van der Waals surface area (Å²) in [5, 5.41) is 7.04. The summed E-state index contributed by atoms with van der Waals surface area (Å²) in [5.41, 5.74) is 42.5. The lowest BCUT2D eigenvalue weighted by Gasteiger charge is -2.26. The minimum absolute atomic E-state index is 0.882. The number of hydrogen-bond donors (Lipinski definition) is 0. The molecule has 0 aliphatic rings. The Balaban J connectivity index is 0.524. The average molecular weight is 1750 g/mol. The smallest absolute Gasteiger partial charge is 0.143 e. The van der Waals surface area contributed by atoms with Crippen LogP contribution in [0.5, 0.6) is 0 Å². The van der Waals surface area contributed by atoms with Crippen LogP contribution < -0.4 is 9.80 Å². The Hall–Kier alpha value is -18.2. The SMILES string of the molecule is c1ccc(-c2ccc(-c3ccc(N(c4ccccc4)c4ccc(-c5ccc(-c6ccccc6-n6c7cc(-c8ccccc8)ccc7c7ccc(-c8ccc(-c9cccc(N(c%10ccc(-c%11ccc(-c%12ccccc%12-n%12c%13cc(-c%14ccccc%14)ccc%13c%13ccc(-c%14ccccc%14)cc%13%12)cc%11)cc%10)c%10ccc(-c%11cccc%12c%11oc%11ccccc%11%12)cc%10)c9)cc8)cc76)cc5)cc4)cc3)cc2)cc1. The Labute approximate surface area is 796 Å². The van der Waals surface area contributed by atoms with E-state index >= 15 is 0 Å². The molecule has 0 aliphatic heterocycles. The number of furan rings is 1. The van der Waals surface area contributed by atoms with Gasteiger partial charge in [-0.05, 0) is 232 Å². The van der Waals surface area contributed by atoms with Gasteiger partial charge in [0.15, 0.2) is 0 Å². The third kappa shape index (κ3) is 15.2. The first-order chi connectivity index (χ1) is 67.9. The molecule has 25 rings (SSSR count). The highest BCUT2D eigenvalue weighted by Gasteiger charge is 2.24. The largest absolute Gasteiger partial charge is 0.455 e. The van der Waals surface area contributed by atoms with Crippen molar-refractivity contribution >= 4 is 99.7 Å². The summed E-state index contributed by atoms with van der Waals surface area (Å²) in [7, 11) is 0. The summed E-state index contributed by atoms with van der Waals surface area (Å²) in [4.78, 5) is 4.71. The molecule has 0 N–H and O–H groups in total. The zero-order chi connectivity index (χ0) is 90.6. The van der Waals surface area contributed by atoms with Crippen molar-refractivity contribution in [2.45, 2.75) is 0 Å². The number of benzene rings is 22. The highest BCUT2D eigenvalue weighted by molar-refractivity contribution is 6.14. The second kappa shape index (κ2) is 34.9. The summed E-state index contributed by atoms with van der Waals surface area (Å²) >= 11 is 0. The molecule has 3 aromatic heterocycles. The molecule has 5 heteroatoms. The fourth-order valence-electron chi connectivity index (χ4n) is 20.5. The maximum Gasteiger partial charge on any atom is 0.143 e. The summed E-state index contributed by atoms with van der Waals surface area (Å²) in [6.07, 6.45) is 0. The summed E-state index contributed by atoms with van der Waals surface area (Å²) in [6, 6.07) is 195. The van der Waals surface area contributed by atoms with Crippen LogP contribution in [-0.2, 0) is 0 Å². The van der Waals surface area contributed by atoms with Crippen molar-refractivity contribution in [1.82, 2.24) is 9.13 Å². The molecule has 0 bridgehead atoms. The molecule has 22 aromatic carbocycles. The Morgan fingerprint density at radius 1 is 0.139 bits per heavy atom. The van der Waals surface area contributed by atoms with Crippen LogP contribution in [0.15, 0.2) is 538 Å². The van der Waals surface area contributed by atoms with Crippen LogP contribution in [0.3, 0.4) is 0 Å². The number of fused-ring (bicyclic) bond motifs is 9. The number of rotatable bonds is 20. The van der Waals surface area contributed by atoms with Crippen LogP contribution >= 0.6 is 0 Å². The van der Waals surface area contributed by atoms with Gasteiger partial charge < -0.3 is 23.4 Å². The molecule has 0 fully saturated rings. The fourth-order valence-corrected chi connectivity index (χ4v) is 20.5. The molecule has 642 valence electrons. The number of hydrogen-bond acceptors (Lipinski definition) is 3. The highest BCUT2D eigenvalue weighted by atomic mass is 16.3. The van der Waals surface area contributed by atoms with Crippen LogP contribution in [0.25, 0.3) is 210 Å². The van der Waals surface area contributed by atoms with Crippen molar-refractivity contribution in [3.8, 4) is 145 Å². The molecule has 0 spiro atoms. The topological polar surface area (TPSA) is 29.5 Å². The second-order valence-corrected chi connectivity index (χ2v) is 35.4. The lowest BCUT2D eigenvalue weighted by Crippen LogP contribution is -2.10. The van der Waals surface area contributed by atoms with Gasteiger partial charge in [-0.25, -0.2) is 0 Å². The minimum atomic E-state index is 0.882. The zero-order valence-corrected chi connectivity index (χ0v) is 75.0. The van der Waals surface area contributed by atoms with E-state index in [4.69, 9.17) is 4.42 Å². The normalized spacial score (nSPS) is 11.5. The third-order valence-corrected chi connectivity index (χ3v) is 27.4. The van der Waals surface area contributed by atoms with E-state index in [1.807, 2.05) is 6.07 Å². The maximum atomic E-state index is 6.62. The molecule has 3 heterocycles. The van der Waals surface area contributed by atoms with Crippen LogP contribution in [0.4, 0.5) is 34.1 Å². The summed E-state index contributed by atoms with van der Waals surface area (Å²) in [5.74, 6) is 0. The molecule has 137 heavy (non-hydrogen) atoms. The molecule has 0 saturated heterocycles. The molecule has 0 radical (unpaired) electrons. The van der Waals surface area contributed by atoms with Gasteiger partial charge in [-0.1, -0.05) is 419 Å². The predicted molar refractivity (Wildman–Crippen MR) is 577 cm³/mol. The number of aromatic nitrogens is 2. The van der Waals surface area contributed by atoms with E-state index in [1.165, 1.54) is 71.6 Å². The van der Waals surface area contributed by atoms with E-state index in [0.717, 1.165) is 173 Å². The number of para-hydroxylation sites is 5. The highest BCUT2D eigenvalue weighted by Crippen LogP contribution is 2.48. The van der Waals surface area contributed by atoms with E-state index in [0.29, 0.717) is 0 Å². The van der Waals surface area contributed by atoms with E-state index in [-0.39, 0.29) is 0 Å². The van der Waals surface area contributed by atoms with Gasteiger partial charge in [0.2, 0.25) is 0 Å². The third-order valence-electron chi connectivity index (χ3n) is 27.4. The van der Waals surface area contributed by atoms with Gasteiger partial charge in [-0.3, -0.25) is 0 Å². The molecule has 0 atom stereocenters. The molecule has 0 unspecified atom stereocenters. The van der Waals surface area contributed by atoms with Crippen molar-refractivity contribution in [2.75, 3.05) is 9.80 Å². The maximum absolute atomic E-state index is 6.62. The van der Waals surface area contributed by atoms with E-state index < -0.39 is 0 Å². The molecule has 25 aromatic rings. The summed E-state index contributed by atoms with van der Waals surface area (Å²) in [6.45, 7) is 0. The minimum Gasteiger partial charge on any atom is -0.455 e. The second-order valence-electron chi connectivity index (χ2n) is 35.4. The molecule has 0 amide bonds. The Bertz CT molecular complexity index is 8680. The van der Waals surface area contributed by atoms with E-state index in [2.05, 4.69) is 547 Å². The van der Waals surface area contributed by atoms with Crippen LogP contribution in [0.1, 0.15) is 0 Å². The molecular formula is C132H88N4O. The van der Waals surface area contributed by atoms with Gasteiger partial charge in [0, 0.05) is 83.1 Å². The van der Waals surface area contributed by atoms with Crippen molar-refractivity contribution in [3.05, 3.63) is 534 Å². The van der Waals surface area contributed by atoms with Gasteiger partial charge in [0.25, 0.3) is 0 Å². The monoisotopic (exact) mass is 1740 g/mol. The molecule has 0 aliphatic carbocycles. The average Bonchev–Trinajstić information content (AvgIpc) is 1.58. The number of nitrogens with zero attached hydrogens (tertiary/aromatic N) is 4. The van der Waals surface area contributed by atoms with Crippen LogP contribution in [0.2, 0.25) is 0 Å².